The molecular weight excluding hydrogens is 144 g/mol. The van der Waals surface area contributed by atoms with Crippen molar-refractivity contribution in [1.29, 1.82) is 0 Å². The van der Waals surface area contributed by atoms with Crippen molar-refractivity contribution in [3.05, 3.63) is 24.0 Å². The van der Waals surface area contributed by atoms with Gasteiger partial charge in [0.25, 0.3) is 0 Å². The van der Waals surface area contributed by atoms with E-state index in [0.717, 1.165) is 12.3 Å². The van der Waals surface area contributed by atoms with E-state index >= 15 is 0 Å². The average Bonchev–Trinajstić information content (AvgIpc) is 1.99. The van der Waals surface area contributed by atoms with Crippen molar-refractivity contribution in [3.63, 3.8) is 0 Å². The second-order valence-corrected chi connectivity index (χ2v) is 2.13. The predicted octanol–water partition coefficient (Wildman–Crippen LogP) is 1.16. The molecule has 3 nitrogen and oxygen atoms in total. The number of Topliss-reactive ketones (excluding diaryl/α,β-unsaturated/α-hetero) is 1. The van der Waals surface area contributed by atoms with Gasteiger partial charge in [-0.15, -0.1) is 0 Å². The lowest BCUT2D eigenvalue weighted by molar-refractivity contribution is -0.132. The van der Waals surface area contributed by atoms with Gasteiger partial charge in [0, 0.05) is 6.92 Å². The number of ketones is 2. The van der Waals surface area contributed by atoms with Crippen LogP contribution in [0.3, 0.4) is 0 Å². The normalized spacial score (nSPS) is 12.0. The van der Waals surface area contributed by atoms with Crippen LogP contribution >= 0.6 is 0 Å². The maximum Gasteiger partial charge on any atom is 0.221 e. The number of hydrogen-bond donors (Lipinski definition) is 1. The predicted molar refractivity (Wildman–Crippen MR) is 41.2 cm³/mol. The van der Waals surface area contributed by atoms with Crippen LogP contribution in [0.4, 0.5) is 0 Å². The van der Waals surface area contributed by atoms with Gasteiger partial charge in [0.15, 0.2) is 5.78 Å². The van der Waals surface area contributed by atoms with Crippen LogP contribution in [-0.2, 0) is 9.59 Å². The van der Waals surface area contributed by atoms with Crippen molar-refractivity contribution in [1.82, 2.24) is 0 Å². The van der Waals surface area contributed by atoms with Gasteiger partial charge in [-0.25, -0.2) is 0 Å². The van der Waals surface area contributed by atoms with Crippen LogP contribution in [0, 0.1) is 0 Å². The molecule has 3 heteroatoms. The smallest absolute Gasteiger partial charge is 0.221 e. The van der Waals surface area contributed by atoms with Crippen LogP contribution < -0.4 is 0 Å². The second kappa shape index (κ2) is 4.44. The fourth-order valence-electron chi connectivity index (χ4n) is 0.368. The largest absolute Gasteiger partial charge is 0.515 e. The Kier molecular flexibility index (Phi) is 3.88. The molecule has 0 saturated heterocycles. The van der Waals surface area contributed by atoms with E-state index in [0.29, 0.717) is 5.57 Å². The maximum atomic E-state index is 10.6. The van der Waals surface area contributed by atoms with E-state index in [1.54, 1.807) is 6.92 Å². The average molecular weight is 154 g/mol. The first kappa shape index (κ1) is 9.62. The van der Waals surface area contributed by atoms with Crippen molar-refractivity contribution in [3.8, 4) is 0 Å². The summed E-state index contributed by atoms with van der Waals surface area (Å²) >= 11 is 0. The third-order valence-corrected chi connectivity index (χ3v) is 1.05. The van der Waals surface area contributed by atoms with Crippen LogP contribution in [0.2, 0.25) is 0 Å². The molecule has 11 heavy (non-hydrogen) atoms. The molecule has 0 aromatic heterocycles. The van der Waals surface area contributed by atoms with Crippen LogP contribution in [0.15, 0.2) is 24.0 Å². The number of aliphatic hydroxyl groups excluding tert-OH is 1. The van der Waals surface area contributed by atoms with Gasteiger partial charge in [-0.3, -0.25) is 9.59 Å². The SMILES string of the molecule is CC(=O)C(=O)C=CC(C)=CO. The molecule has 0 unspecified atom stereocenters. The lowest BCUT2D eigenvalue weighted by atomic mass is 10.2. The summed E-state index contributed by atoms with van der Waals surface area (Å²) in [7, 11) is 0. The molecule has 0 saturated carbocycles. The lowest BCUT2D eigenvalue weighted by Crippen LogP contribution is -2.04. The summed E-state index contributed by atoms with van der Waals surface area (Å²) in [4.78, 5) is 21.0. The van der Waals surface area contributed by atoms with E-state index in [9.17, 15) is 9.59 Å². The van der Waals surface area contributed by atoms with Crippen molar-refractivity contribution >= 4 is 11.6 Å². The van der Waals surface area contributed by atoms with Crippen molar-refractivity contribution in [2.45, 2.75) is 13.8 Å². The highest BCUT2D eigenvalue weighted by Crippen LogP contribution is 1.92. The Hall–Kier alpha value is -1.38. The van der Waals surface area contributed by atoms with E-state index < -0.39 is 11.6 Å². The van der Waals surface area contributed by atoms with Gasteiger partial charge in [-0.2, -0.15) is 0 Å². The molecule has 0 aliphatic rings. The molecule has 60 valence electrons. The van der Waals surface area contributed by atoms with Gasteiger partial charge in [0.05, 0.1) is 6.26 Å². The van der Waals surface area contributed by atoms with E-state index in [1.807, 2.05) is 0 Å². The molecule has 0 amide bonds. The van der Waals surface area contributed by atoms with Crippen molar-refractivity contribution < 1.29 is 14.7 Å². The zero-order valence-corrected chi connectivity index (χ0v) is 6.50. The Morgan fingerprint density at radius 2 is 1.73 bits per heavy atom. The molecule has 0 fully saturated rings. The molecule has 0 aromatic carbocycles. The molecule has 0 bridgehead atoms. The minimum absolute atomic E-state index is 0.507. The van der Waals surface area contributed by atoms with Gasteiger partial charge < -0.3 is 5.11 Å². The van der Waals surface area contributed by atoms with Crippen molar-refractivity contribution in [2.75, 3.05) is 0 Å². The molecule has 0 atom stereocenters. The highest BCUT2D eigenvalue weighted by molar-refractivity contribution is 6.40. The number of aliphatic hydroxyl groups is 1. The van der Waals surface area contributed by atoms with E-state index in [1.165, 1.54) is 13.0 Å². The standard InChI is InChI=1S/C8H10O3/c1-6(5-9)3-4-8(11)7(2)10/h3-5,9H,1-2H3. The maximum absolute atomic E-state index is 10.6. The summed E-state index contributed by atoms with van der Waals surface area (Å²) in [6, 6.07) is 0. The van der Waals surface area contributed by atoms with Gasteiger partial charge in [-0.1, -0.05) is 6.08 Å². The molecule has 0 heterocycles. The Bertz CT molecular complexity index is 223. The number of carbonyl (C=O) groups is 2. The summed E-state index contributed by atoms with van der Waals surface area (Å²) in [6.45, 7) is 2.81. The number of hydrogen-bond acceptors (Lipinski definition) is 3. The van der Waals surface area contributed by atoms with Crippen LogP contribution in [0.5, 0.6) is 0 Å². The van der Waals surface area contributed by atoms with Crippen molar-refractivity contribution in [2.24, 2.45) is 0 Å². The van der Waals surface area contributed by atoms with Gasteiger partial charge >= 0.3 is 0 Å². The first-order valence-electron chi connectivity index (χ1n) is 3.12. The summed E-state index contributed by atoms with van der Waals surface area (Å²) in [5.41, 5.74) is 0.527. The van der Waals surface area contributed by atoms with Gasteiger partial charge in [-0.05, 0) is 18.6 Å². The minimum atomic E-state index is -0.564. The molecule has 0 spiro atoms. The first-order chi connectivity index (χ1) is 5.07. The fraction of sp³-hybridized carbons (Fsp3) is 0.250. The third-order valence-electron chi connectivity index (χ3n) is 1.05. The first-order valence-corrected chi connectivity index (χ1v) is 3.12. The zero-order valence-electron chi connectivity index (χ0n) is 6.50. The van der Waals surface area contributed by atoms with Crippen LogP contribution in [0.25, 0.3) is 0 Å². The summed E-state index contributed by atoms with van der Waals surface area (Å²) in [5.74, 6) is -1.07. The Morgan fingerprint density at radius 3 is 2.09 bits per heavy atom. The zero-order chi connectivity index (χ0) is 8.85. The molecular formula is C8H10O3. The summed E-state index contributed by atoms with van der Waals surface area (Å²) in [6.07, 6.45) is 3.37. The van der Waals surface area contributed by atoms with Gasteiger partial charge in [0.1, 0.15) is 0 Å². The lowest BCUT2D eigenvalue weighted by Gasteiger charge is -1.86. The molecule has 0 aliphatic heterocycles. The summed E-state index contributed by atoms with van der Waals surface area (Å²) in [5, 5.41) is 8.38. The number of rotatable bonds is 3. The third kappa shape index (κ3) is 4.08. The van der Waals surface area contributed by atoms with Gasteiger partial charge in [0.2, 0.25) is 5.78 Å². The van der Waals surface area contributed by atoms with E-state index in [2.05, 4.69) is 0 Å². The Labute approximate surface area is 65.0 Å². The quantitative estimate of drug-likeness (QED) is 0.287. The minimum Gasteiger partial charge on any atom is -0.515 e. The summed E-state index contributed by atoms with van der Waals surface area (Å²) < 4.78 is 0. The highest BCUT2D eigenvalue weighted by atomic mass is 16.2. The molecule has 0 rings (SSSR count). The second-order valence-electron chi connectivity index (χ2n) is 2.13. The number of allylic oxidation sites excluding steroid dienone is 3. The van der Waals surface area contributed by atoms with Crippen LogP contribution in [0.1, 0.15) is 13.8 Å². The van der Waals surface area contributed by atoms with Crippen LogP contribution in [-0.4, -0.2) is 16.7 Å². The Morgan fingerprint density at radius 1 is 1.18 bits per heavy atom. The molecule has 0 aliphatic carbocycles. The van der Waals surface area contributed by atoms with E-state index in [-0.39, 0.29) is 0 Å². The monoisotopic (exact) mass is 154 g/mol. The topological polar surface area (TPSA) is 54.4 Å². The van der Waals surface area contributed by atoms with E-state index in [4.69, 9.17) is 5.11 Å². The number of carbonyl (C=O) groups excluding carboxylic acids is 2. The molecule has 1 N–H and O–H groups in total. The Balaban J connectivity index is 4.15. The molecule has 0 aromatic rings. The fourth-order valence-corrected chi connectivity index (χ4v) is 0.368. The highest BCUT2D eigenvalue weighted by Gasteiger charge is 2.00. The molecule has 0 radical (unpaired) electrons.